The number of pyridine rings is 1. The molecule has 1 heterocycles. The zero-order valence-corrected chi connectivity index (χ0v) is 11.3. The Balaban J connectivity index is 2.36. The lowest BCUT2D eigenvalue weighted by molar-refractivity contribution is 0.414. The summed E-state index contributed by atoms with van der Waals surface area (Å²) in [6, 6.07) is 5.30. The number of hydrogen-bond donors (Lipinski definition) is 1. The number of ether oxygens (including phenoxy) is 1. The van der Waals surface area contributed by atoms with Crippen molar-refractivity contribution in [3.8, 4) is 5.75 Å². The zero-order chi connectivity index (χ0) is 14.0. The second-order valence-electron chi connectivity index (χ2n) is 3.60. The molecule has 0 spiro atoms. The fraction of sp³-hybridized carbons (Fsp3) is 0.0833. The highest BCUT2D eigenvalue weighted by Gasteiger charge is 2.12. The smallest absolute Gasteiger partial charge is 0.251 e. The van der Waals surface area contributed by atoms with Gasteiger partial charge in [-0.15, -0.1) is 0 Å². The van der Waals surface area contributed by atoms with E-state index in [1.54, 1.807) is 18.2 Å². The van der Waals surface area contributed by atoms with E-state index < -0.39 is 23.4 Å². The Hall–Kier alpha value is -1.76. The zero-order valence-electron chi connectivity index (χ0n) is 9.68. The van der Waals surface area contributed by atoms with E-state index in [4.69, 9.17) is 4.74 Å². The molecule has 0 bridgehead atoms. The second-order valence-corrected chi connectivity index (χ2v) is 4.51. The standard InChI is InChI=1S/C12H8BrF3N2O/c1-19-8-3-6(13)2-7(4-8)17-12-10(15)5-9(14)11(16)18-12/h2-5H,1H3,(H,17,18). The van der Waals surface area contributed by atoms with E-state index >= 15 is 0 Å². The first-order valence-corrected chi connectivity index (χ1v) is 5.92. The molecule has 0 unspecified atom stereocenters. The number of hydrogen-bond acceptors (Lipinski definition) is 3. The van der Waals surface area contributed by atoms with Gasteiger partial charge in [-0.3, -0.25) is 0 Å². The van der Waals surface area contributed by atoms with Gasteiger partial charge >= 0.3 is 0 Å². The maximum Gasteiger partial charge on any atom is 0.251 e. The summed E-state index contributed by atoms with van der Waals surface area (Å²) in [7, 11) is 1.47. The van der Waals surface area contributed by atoms with E-state index in [1.165, 1.54) is 7.11 Å². The van der Waals surface area contributed by atoms with Crippen LogP contribution in [0.5, 0.6) is 5.75 Å². The molecule has 1 aromatic heterocycles. The summed E-state index contributed by atoms with van der Waals surface area (Å²) >= 11 is 3.24. The van der Waals surface area contributed by atoms with Crippen LogP contribution in [0.3, 0.4) is 0 Å². The van der Waals surface area contributed by atoms with Crippen molar-refractivity contribution in [2.75, 3.05) is 12.4 Å². The Morgan fingerprint density at radius 2 is 1.84 bits per heavy atom. The molecule has 100 valence electrons. The average molecular weight is 333 g/mol. The monoisotopic (exact) mass is 332 g/mol. The second kappa shape index (κ2) is 5.48. The van der Waals surface area contributed by atoms with Crippen molar-refractivity contribution in [1.29, 1.82) is 0 Å². The molecule has 0 aliphatic heterocycles. The molecule has 19 heavy (non-hydrogen) atoms. The Labute approximate surface area is 115 Å². The summed E-state index contributed by atoms with van der Waals surface area (Å²) in [5.74, 6) is -3.59. The third-order valence-electron chi connectivity index (χ3n) is 2.26. The van der Waals surface area contributed by atoms with Gasteiger partial charge in [-0.1, -0.05) is 15.9 Å². The lowest BCUT2D eigenvalue weighted by Crippen LogP contribution is -2.01. The van der Waals surface area contributed by atoms with Crippen molar-refractivity contribution in [1.82, 2.24) is 4.98 Å². The lowest BCUT2D eigenvalue weighted by Gasteiger charge is -2.09. The summed E-state index contributed by atoms with van der Waals surface area (Å²) < 4.78 is 44.8. The molecule has 2 aromatic rings. The van der Waals surface area contributed by atoms with Crippen LogP contribution < -0.4 is 10.1 Å². The summed E-state index contributed by atoms with van der Waals surface area (Å²) in [4.78, 5) is 3.17. The highest BCUT2D eigenvalue weighted by molar-refractivity contribution is 9.10. The number of methoxy groups -OCH3 is 1. The highest BCUT2D eigenvalue weighted by Crippen LogP contribution is 2.27. The molecular weight excluding hydrogens is 325 g/mol. The van der Waals surface area contributed by atoms with Crippen LogP contribution in [0, 0.1) is 17.6 Å². The van der Waals surface area contributed by atoms with Gasteiger partial charge in [0.25, 0.3) is 5.95 Å². The third-order valence-corrected chi connectivity index (χ3v) is 2.71. The highest BCUT2D eigenvalue weighted by atomic mass is 79.9. The molecule has 0 amide bonds. The summed E-state index contributed by atoms with van der Waals surface area (Å²) in [6.07, 6.45) is 0. The first-order valence-electron chi connectivity index (χ1n) is 5.12. The molecule has 0 aliphatic carbocycles. The quantitative estimate of drug-likeness (QED) is 0.862. The van der Waals surface area contributed by atoms with Crippen molar-refractivity contribution in [3.63, 3.8) is 0 Å². The fourth-order valence-electron chi connectivity index (χ4n) is 1.42. The van der Waals surface area contributed by atoms with Gasteiger partial charge in [0, 0.05) is 22.3 Å². The van der Waals surface area contributed by atoms with Crippen molar-refractivity contribution >= 4 is 27.4 Å². The summed E-state index contributed by atoms with van der Waals surface area (Å²) in [6.45, 7) is 0. The number of nitrogens with one attached hydrogen (secondary N) is 1. The minimum Gasteiger partial charge on any atom is -0.497 e. The number of nitrogens with zero attached hydrogens (tertiary/aromatic N) is 1. The Kier molecular flexibility index (Phi) is 3.94. The maximum absolute atomic E-state index is 13.4. The molecule has 0 saturated heterocycles. The molecular formula is C12H8BrF3N2O. The SMILES string of the molecule is COc1cc(Br)cc(Nc2nc(F)c(F)cc2F)c1. The summed E-state index contributed by atoms with van der Waals surface area (Å²) in [5.41, 5.74) is 0.420. The molecule has 2 rings (SSSR count). The molecule has 0 aliphatic rings. The normalized spacial score (nSPS) is 10.4. The number of benzene rings is 1. The molecule has 0 radical (unpaired) electrons. The van der Waals surface area contributed by atoms with Crippen LogP contribution in [0.1, 0.15) is 0 Å². The van der Waals surface area contributed by atoms with Gasteiger partial charge in [0.15, 0.2) is 17.5 Å². The molecule has 0 fully saturated rings. The molecule has 0 atom stereocenters. The van der Waals surface area contributed by atoms with E-state index in [1.807, 2.05) is 0 Å². The average Bonchev–Trinajstić information content (AvgIpc) is 2.35. The number of aromatic nitrogens is 1. The Morgan fingerprint density at radius 3 is 2.53 bits per heavy atom. The van der Waals surface area contributed by atoms with Crippen LogP contribution in [-0.4, -0.2) is 12.1 Å². The van der Waals surface area contributed by atoms with Crippen LogP contribution in [0.4, 0.5) is 24.7 Å². The van der Waals surface area contributed by atoms with Crippen LogP contribution in [0.25, 0.3) is 0 Å². The number of anilines is 2. The predicted molar refractivity (Wildman–Crippen MR) is 68.1 cm³/mol. The minimum atomic E-state index is -1.37. The Bertz CT molecular complexity index is 622. The molecule has 1 aromatic carbocycles. The van der Waals surface area contributed by atoms with Gasteiger partial charge in [0.05, 0.1) is 7.11 Å². The van der Waals surface area contributed by atoms with Gasteiger partial charge in [-0.2, -0.15) is 9.37 Å². The van der Waals surface area contributed by atoms with Crippen LogP contribution in [-0.2, 0) is 0 Å². The number of halogens is 4. The van der Waals surface area contributed by atoms with Gasteiger partial charge in [0.2, 0.25) is 0 Å². The van der Waals surface area contributed by atoms with Crippen LogP contribution >= 0.6 is 15.9 Å². The molecule has 3 nitrogen and oxygen atoms in total. The maximum atomic E-state index is 13.4. The van der Waals surface area contributed by atoms with Crippen LogP contribution in [0.2, 0.25) is 0 Å². The van der Waals surface area contributed by atoms with Crippen molar-refractivity contribution in [2.24, 2.45) is 0 Å². The first-order chi connectivity index (χ1) is 8.99. The topological polar surface area (TPSA) is 34.1 Å². The van der Waals surface area contributed by atoms with Crippen LogP contribution in [0.15, 0.2) is 28.7 Å². The molecule has 0 saturated carbocycles. The number of rotatable bonds is 3. The van der Waals surface area contributed by atoms with E-state index in [0.29, 0.717) is 22.0 Å². The van der Waals surface area contributed by atoms with Gasteiger partial charge in [-0.25, -0.2) is 8.78 Å². The van der Waals surface area contributed by atoms with E-state index in [-0.39, 0.29) is 0 Å². The largest absolute Gasteiger partial charge is 0.497 e. The molecule has 1 N–H and O–H groups in total. The summed E-state index contributed by atoms with van der Waals surface area (Å²) in [5, 5.41) is 2.55. The van der Waals surface area contributed by atoms with Gasteiger partial charge < -0.3 is 10.1 Å². The van der Waals surface area contributed by atoms with Crippen molar-refractivity contribution < 1.29 is 17.9 Å². The van der Waals surface area contributed by atoms with E-state index in [2.05, 4.69) is 26.2 Å². The predicted octanol–water partition coefficient (Wildman–Crippen LogP) is 4.01. The van der Waals surface area contributed by atoms with Gasteiger partial charge in [0.1, 0.15) is 5.75 Å². The van der Waals surface area contributed by atoms with E-state index in [9.17, 15) is 13.2 Å². The first kappa shape index (κ1) is 13.7. The fourth-order valence-corrected chi connectivity index (χ4v) is 1.89. The van der Waals surface area contributed by atoms with Gasteiger partial charge in [-0.05, 0) is 12.1 Å². The van der Waals surface area contributed by atoms with E-state index in [0.717, 1.165) is 0 Å². The van der Waals surface area contributed by atoms with Crippen molar-refractivity contribution in [3.05, 3.63) is 46.3 Å². The molecule has 7 heteroatoms. The Morgan fingerprint density at radius 1 is 1.11 bits per heavy atom. The van der Waals surface area contributed by atoms with Crippen molar-refractivity contribution in [2.45, 2.75) is 0 Å². The third kappa shape index (κ3) is 3.17. The minimum absolute atomic E-state index is 0.404. The lowest BCUT2D eigenvalue weighted by atomic mass is 10.3.